The summed E-state index contributed by atoms with van der Waals surface area (Å²) in [5.74, 6) is -0.184. The quantitative estimate of drug-likeness (QED) is 0.685. The largest absolute Gasteiger partial charge is 0.423 e. The third kappa shape index (κ3) is 4.12. The number of nitrogens with one attached hydrogen (secondary N) is 1. The van der Waals surface area contributed by atoms with Gasteiger partial charge in [-0.1, -0.05) is 12.1 Å². The van der Waals surface area contributed by atoms with Gasteiger partial charge in [-0.3, -0.25) is 4.79 Å². The van der Waals surface area contributed by atoms with Crippen molar-refractivity contribution < 1.29 is 9.21 Å². The van der Waals surface area contributed by atoms with Gasteiger partial charge in [-0.15, -0.1) is 12.4 Å². The molecule has 0 saturated heterocycles. The van der Waals surface area contributed by atoms with E-state index in [1.54, 1.807) is 18.2 Å². The molecule has 2 aromatic carbocycles. The molecule has 3 aromatic rings. The Morgan fingerprint density at radius 2 is 1.77 bits per heavy atom. The Hall–Kier alpha value is -2.63. The standard InChI is InChI=1S/C20H20N2O3.ClH/c1-12-10-19(23)25-18-9-13(2)17(11-16(12)18)22-20(24)15-5-3-14(4-6-15)7-8-21;/h3-6,9-11H,7-8,21H2,1-2H3,(H,22,24);1H. The van der Waals surface area contributed by atoms with Crippen LogP contribution in [0.15, 0.2) is 51.7 Å². The minimum atomic E-state index is -0.376. The number of fused-ring (bicyclic) bond motifs is 1. The molecular weight excluding hydrogens is 352 g/mol. The van der Waals surface area contributed by atoms with Crippen LogP contribution in [0.4, 0.5) is 5.69 Å². The Morgan fingerprint density at radius 1 is 1.08 bits per heavy atom. The van der Waals surface area contributed by atoms with Gasteiger partial charge in [-0.05, 0) is 67.8 Å². The molecule has 3 N–H and O–H groups in total. The van der Waals surface area contributed by atoms with Crippen molar-refractivity contribution in [1.82, 2.24) is 0 Å². The molecule has 0 aliphatic carbocycles. The first-order valence-electron chi connectivity index (χ1n) is 8.13. The van der Waals surface area contributed by atoms with Gasteiger partial charge in [0.15, 0.2) is 0 Å². The predicted octanol–water partition coefficient (Wildman–Crippen LogP) is 3.59. The maximum absolute atomic E-state index is 12.5. The van der Waals surface area contributed by atoms with E-state index in [0.717, 1.165) is 28.5 Å². The maximum Gasteiger partial charge on any atom is 0.336 e. The molecule has 0 radical (unpaired) electrons. The average molecular weight is 373 g/mol. The van der Waals surface area contributed by atoms with Crippen molar-refractivity contribution in [2.45, 2.75) is 20.3 Å². The Kier molecular flexibility index (Phi) is 6.18. The minimum Gasteiger partial charge on any atom is -0.423 e. The van der Waals surface area contributed by atoms with Gasteiger partial charge in [0.1, 0.15) is 5.58 Å². The molecule has 0 spiro atoms. The number of amides is 1. The molecule has 1 aromatic heterocycles. The number of anilines is 1. The number of aryl methyl sites for hydroxylation is 2. The van der Waals surface area contributed by atoms with E-state index >= 15 is 0 Å². The minimum absolute atomic E-state index is 0. The molecule has 0 atom stereocenters. The van der Waals surface area contributed by atoms with Crippen LogP contribution in [0.5, 0.6) is 0 Å². The van der Waals surface area contributed by atoms with Gasteiger partial charge in [0.25, 0.3) is 5.91 Å². The average Bonchev–Trinajstić information content (AvgIpc) is 2.57. The second-order valence-corrected chi connectivity index (χ2v) is 6.10. The third-order valence-corrected chi connectivity index (χ3v) is 4.19. The Balaban J connectivity index is 0.00000243. The van der Waals surface area contributed by atoms with E-state index in [1.807, 2.05) is 32.0 Å². The van der Waals surface area contributed by atoms with E-state index in [0.29, 0.717) is 23.4 Å². The highest BCUT2D eigenvalue weighted by Gasteiger charge is 2.11. The van der Waals surface area contributed by atoms with E-state index in [4.69, 9.17) is 10.2 Å². The van der Waals surface area contributed by atoms with Crippen LogP contribution < -0.4 is 16.7 Å². The molecular formula is C20H21ClN2O3. The molecule has 0 saturated carbocycles. The zero-order valence-corrected chi connectivity index (χ0v) is 15.5. The van der Waals surface area contributed by atoms with E-state index in [2.05, 4.69) is 5.32 Å². The molecule has 0 fully saturated rings. The van der Waals surface area contributed by atoms with Gasteiger partial charge >= 0.3 is 5.63 Å². The van der Waals surface area contributed by atoms with Gasteiger partial charge < -0.3 is 15.5 Å². The molecule has 3 rings (SSSR count). The van der Waals surface area contributed by atoms with Gasteiger partial charge in [0, 0.05) is 22.7 Å². The zero-order chi connectivity index (χ0) is 18.0. The smallest absolute Gasteiger partial charge is 0.336 e. The molecule has 6 heteroatoms. The van der Waals surface area contributed by atoms with Crippen LogP contribution in [-0.2, 0) is 6.42 Å². The summed E-state index contributed by atoms with van der Waals surface area (Å²) in [6.45, 7) is 4.29. The fourth-order valence-corrected chi connectivity index (χ4v) is 2.79. The van der Waals surface area contributed by atoms with E-state index < -0.39 is 0 Å². The first-order valence-corrected chi connectivity index (χ1v) is 8.13. The fraction of sp³-hybridized carbons (Fsp3) is 0.200. The van der Waals surface area contributed by atoms with Crippen molar-refractivity contribution in [3.63, 3.8) is 0 Å². The van der Waals surface area contributed by atoms with Crippen LogP contribution in [0.3, 0.4) is 0 Å². The summed E-state index contributed by atoms with van der Waals surface area (Å²) in [4.78, 5) is 24.0. The van der Waals surface area contributed by atoms with Crippen molar-refractivity contribution in [2.24, 2.45) is 5.73 Å². The molecule has 5 nitrogen and oxygen atoms in total. The number of hydrogen-bond donors (Lipinski definition) is 2. The zero-order valence-electron chi connectivity index (χ0n) is 14.7. The summed E-state index contributed by atoms with van der Waals surface area (Å²) in [6.07, 6.45) is 0.788. The van der Waals surface area contributed by atoms with Crippen molar-refractivity contribution >= 4 is 35.0 Å². The number of nitrogens with two attached hydrogens (primary N) is 1. The number of halogens is 1. The number of carbonyl (C=O) groups is 1. The maximum atomic E-state index is 12.5. The molecule has 1 amide bonds. The number of carbonyl (C=O) groups excluding carboxylic acids is 1. The third-order valence-electron chi connectivity index (χ3n) is 4.19. The predicted molar refractivity (Wildman–Crippen MR) is 106 cm³/mol. The lowest BCUT2D eigenvalue weighted by Gasteiger charge is -2.11. The highest BCUT2D eigenvalue weighted by atomic mass is 35.5. The van der Waals surface area contributed by atoms with Crippen LogP contribution >= 0.6 is 12.4 Å². The first-order chi connectivity index (χ1) is 12.0. The SMILES string of the molecule is Cc1cc2oc(=O)cc(C)c2cc1NC(=O)c1ccc(CCN)cc1.Cl. The normalized spacial score (nSPS) is 10.4. The van der Waals surface area contributed by atoms with E-state index in [1.165, 1.54) is 6.07 Å². The van der Waals surface area contributed by atoms with Gasteiger partial charge in [-0.2, -0.15) is 0 Å². The lowest BCUT2D eigenvalue weighted by molar-refractivity contribution is 0.102. The van der Waals surface area contributed by atoms with Crippen LogP contribution in [0.1, 0.15) is 27.0 Å². The van der Waals surface area contributed by atoms with Crippen LogP contribution in [-0.4, -0.2) is 12.5 Å². The highest BCUT2D eigenvalue weighted by Crippen LogP contribution is 2.25. The Labute approximate surface area is 157 Å². The topological polar surface area (TPSA) is 85.3 Å². The van der Waals surface area contributed by atoms with Crippen molar-refractivity contribution in [3.05, 3.63) is 75.1 Å². The van der Waals surface area contributed by atoms with Crippen LogP contribution in [0, 0.1) is 13.8 Å². The molecule has 0 aliphatic rings. The summed E-state index contributed by atoms with van der Waals surface area (Å²) < 4.78 is 5.23. The second-order valence-electron chi connectivity index (χ2n) is 6.10. The highest BCUT2D eigenvalue weighted by molar-refractivity contribution is 6.05. The molecule has 136 valence electrons. The monoisotopic (exact) mass is 372 g/mol. The molecule has 0 bridgehead atoms. The molecule has 26 heavy (non-hydrogen) atoms. The van der Waals surface area contributed by atoms with Crippen LogP contribution in [0.25, 0.3) is 11.0 Å². The molecule has 0 unspecified atom stereocenters. The van der Waals surface area contributed by atoms with E-state index in [9.17, 15) is 9.59 Å². The summed E-state index contributed by atoms with van der Waals surface area (Å²) in [5, 5.41) is 3.73. The Bertz CT molecular complexity index is 994. The van der Waals surface area contributed by atoms with Crippen molar-refractivity contribution in [3.8, 4) is 0 Å². The summed E-state index contributed by atoms with van der Waals surface area (Å²) in [7, 11) is 0. The van der Waals surface area contributed by atoms with Gasteiger partial charge in [0.05, 0.1) is 0 Å². The van der Waals surface area contributed by atoms with Gasteiger partial charge in [0.2, 0.25) is 0 Å². The summed E-state index contributed by atoms with van der Waals surface area (Å²) >= 11 is 0. The molecule has 1 heterocycles. The summed E-state index contributed by atoms with van der Waals surface area (Å²) in [5.41, 5.74) is 9.70. The van der Waals surface area contributed by atoms with Crippen molar-refractivity contribution in [1.29, 1.82) is 0 Å². The van der Waals surface area contributed by atoms with Gasteiger partial charge in [-0.25, -0.2) is 4.79 Å². The lowest BCUT2D eigenvalue weighted by Crippen LogP contribution is -2.13. The number of rotatable bonds is 4. The van der Waals surface area contributed by atoms with Crippen molar-refractivity contribution in [2.75, 3.05) is 11.9 Å². The Morgan fingerprint density at radius 3 is 2.42 bits per heavy atom. The number of benzene rings is 2. The fourth-order valence-electron chi connectivity index (χ4n) is 2.79. The number of hydrogen-bond acceptors (Lipinski definition) is 4. The summed E-state index contributed by atoms with van der Waals surface area (Å²) in [6, 6.07) is 12.5. The lowest BCUT2D eigenvalue weighted by atomic mass is 10.1. The second kappa shape index (κ2) is 8.17. The first kappa shape index (κ1) is 19.7. The molecule has 0 aliphatic heterocycles. The van der Waals surface area contributed by atoms with Crippen LogP contribution in [0.2, 0.25) is 0 Å². The van der Waals surface area contributed by atoms with E-state index in [-0.39, 0.29) is 23.9 Å².